The van der Waals surface area contributed by atoms with E-state index in [1.165, 1.54) is 0 Å². The Labute approximate surface area is 82.5 Å². The van der Waals surface area contributed by atoms with Gasteiger partial charge in [-0.1, -0.05) is 0 Å². The van der Waals surface area contributed by atoms with Crippen molar-refractivity contribution in [2.75, 3.05) is 7.11 Å². The molecule has 2 nitrogen and oxygen atoms in total. The van der Waals surface area contributed by atoms with E-state index in [1.54, 1.807) is 11.2 Å². The largest absolute Gasteiger partial charge is 0.514 e. The number of ether oxygens (including phenoxy) is 1. The van der Waals surface area contributed by atoms with Crippen molar-refractivity contribution in [1.29, 1.82) is 0 Å². The molecule has 0 saturated carbocycles. The summed E-state index contributed by atoms with van der Waals surface area (Å²) in [4.78, 5) is 0. The molecule has 0 unspecified atom stereocenters. The molecule has 0 aromatic carbocycles. The predicted molar refractivity (Wildman–Crippen MR) is 57.1 cm³/mol. The van der Waals surface area contributed by atoms with E-state index in [2.05, 4.69) is 48.0 Å². The molecule has 0 rings (SSSR count). The van der Waals surface area contributed by atoms with Gasteiger partial charge in [-0.05, 0) is 48.0 Å². The van der Waals surface area contributed by atoms with Crippen molar-refractivity contribution >= 4 is 30.9 Å². The molecule has 0 spiro atoms. The quantitative estimate of drug-likeness (QED) is 0.343. The van der Waals surface area contributed by atoms with E-state index in [9.17, 15) is 0 Å². The summed E-state index contributed by atoms with van der Waals surface area (Å²) < 4.78 is 12.2. The monoisotopic (exact) mass is 284 g/mol. The van der Waals surface area contributed by atoms with Gasteiger partial charge in [-0.2, -0.15) is 0 Å². The van der Waals surface area contributed by atoms with E-state index < -0.39 is 8.32 Å². The van der Waals surface area contributed by atoms with Crippen LogP contribution in [0.1, 0.15) is 0 Å². The summed E-state index contributed by atoms with van der Waals surface area (Å²) in [6, 6.07) is 0. The van der Waals surface area contributed by atoms with Crippen molar-refractivity contribution in [3.8, 4) is 0 Å². The Morgan fingerprint density at radius 1 is 1.45 bits per heavy atom. The minimum absolute atomic E-state index is 0.485. The number of hydrogen-bond acceptors (Lipinski definition) is 2. The van der Waals surface area contributed by atoms with Gasteiger partial charge < -0.3 is 9.16 Å². The van der Waals surface area contributed by atoms with Gasteiger partial charge in [0.25, 0.3) is 0 Å². The van der Waals surface area contributed by atoms with Crippen molar-refractivity contribution in [3.05, 3.63) is 15.8 Å². The zero-order valence-corrected chi connectivity index (χ0v) is 10.4. The third kappa shape index (κ3) is 6.46. The van der Waals surface area contributed by atoms with E-state index in [0.717, 1.165) is 0 Å². The summed E-state index contributed by atoms with van der Waals surface area (Å²) in [6.45, 7) is 6.29. The second-order valence-electron chi connectivity index (χ2n) is 2.96. The molecule has 4 heteroatoms. The van der Waals surface area contributed by atoms with Crippen molar-refractivity contribution in [2.24, 2.45) is 0 Å². The lowest BCUT2D eigenvalue weighted by Gasteiger charge is -2.18. The molecule has 0 saturated heterocycles. The van der Waals surface area contributed by atoms with Gasteiger partial charge in [0, 0.05) is 4.08 Å². The first-order valence-corrected chi connectivity index (χ1v) is 7.93. The lowest BCUT2D eigenvalue weighted by atomic mass is 10.9. The Balaban J connectivity index is 4.23. The summed E-state index contributed by atoms with van der Waals surface area (Å²) in [5.74, 6) is 0.485. The van der Waals surface area contributed by atoms with E-state index in [4.69, 9.17) is 9.16 Å². The first-order valence-electron chi connectivity index (χ1n) is 3.28. The molecule has 0 aliphatic carbocycles. The van der Waals surface area contributed by atoms with E-state index in [0.29, 0.717) is 5.95 Å². The van der Waals surface area contributed by atoms with Gasteiger partial charge >= 0.3 is 5.95 Å². The summed E-state index contributed by atoms with van der Waals surface area (Å²) >= 11 is 2.08. The maximum Gasteiger partial charge on any atom is 0.313 e. The van der Waals surface area contributed by atoms with Gasteiger partial charge in [0.15, 0.2) is 0 Å². The molecule has 0 heterocycles. The van der Waals surface area contributed by atoms with Crippen LogP contribution >= 0.6 is 22.6 Å². The molecule has 11 heavy (non-hydrogen) atoms. The molecule has 0 atom stereocenters. The molecule has 64 valence electrons. The van der Waals surface area contributed by atoms with Gasteiger partial charge in [-0.25, -0.2) is 0 Å². The first-order chi connectivity index (χ1) is 4.99. The van der Waals surface area contributed by atoms with Gasteiger partial charge in [-0.15, -0.1) is 0 Å². The Morgan fingerprint density at radius 2 is 2.00 bits per heavy atom. The highest BCUT2D eigenvalue weighted by molar-refractivity contribution is 14.1. The number of halogens is 1. The lowest BCUT2D eigenvalue weighted by Crippen LogP contribution is -2.25. The highest BCUT2D eigenvalue weighted by Gasteiger charge is 2.17. The third-order valence-electron chi connectivity index (χ3n) is 0.757. The molecule has 0 amide bonds. The van der Waals surface area contributed by atoms with Crippen molar-refractivity contribution in [1.82, 2.24) is 0 Å². The molecule has 0 aliphatic heterocycles. The van der Waals surface area contributed by atoms with Crippen LogP contribution in [0.15, 0.2) is 15.8 Å². The van der Waals surface area contributed by atoms with Crippen LogP contribution in [0.3, 0.4) is 0 Å². The zero-order valence-electron chi connectivity index (χ0n) is 7.27. The highest BCUT2D eigenvalue weighted by Crippen LogP contribution is 2.09. The molecule has 0 aromatic heterocycles. The van der Waals surface area contributed by atoms with E-state index in [1.807, 2.05) is 0 Å². The summed E-state index contributed by atoms with van der Waals surface area (Å²) in [5, 5.41) is 0. The maximum absolute atomic E-state index is 5.51. The Morgan fingerprint density at radius 3 is 2.27 bits per heavy atom. The molecule has 0 aliphatic rings. The standard InChI is InChI=1S/C7H13IO2Si/c1-9-7(5-6-8)10-11(2,3)4/h6H,1-4H3. The number of hydrogen-bond donors (Lipinski definition) is 0. The summed E-state index contributed by atoms with van der Waals surface area (Å²) in [7, 11) is 0.0596. The van der Waals surface area contributed by atoms with E-state index >= 15 is 0 Å². The van der Waals surface area contributed by atoms with Crippen LogP contribution in [0, 0.1) is 0 Å². The fourth-order valence-electron chi connectivity index (χ4n) is 0.453. The molecular formula is C7H13IO2Si. The zero-order chi connectivity index (χ0) is 8.91. The minimum atomic E-state index is -1.53. The summed E-state index contributed by atoms with van der Waals surface area (Å²) in [5.41, 5.74) is 2.86. The smallest absolute Gasteiger partial charge is 0.313 e. The van der Waals surface area contributed by atoms with Crippen LogP contribution in [0.2, 0.25) is 19.6 Å². The third-order valence-corrected chi connectivity index (χ3v) is 1.87. The molecule has 0 bridgehead atoms. The minimum Gasteiger partial charge on any atom is -0.514 e. The SMILES string of the molecule is COC(=C=CI)O[Si](C)(C)C. The summed E-state index contributed by atoms with van der Waals surface area (Å²) in [6.07, 6.45) is 0. The van der Waals surface area contributed by atoms with Gasteiger partial charge in [0.2, 0.25) is 8.32 Å². The second-order valence-corrected chi connectivity index (χ2v) is 8.01. The Bertz CT molecular complexity index is 177. The fourth-order valence-corrected chi connectivity index (χ4v) is 1.41. The average Bonchev–Trinajstić information content (AvgIpc) is 1.84. The average molecular weight is 284 g/mol. The number of rotatable bonds is 3. The van der Waals surface area contributed by atoms with Gasteiger partial charge in [0.1, 0.15) is 0 Å². The van der Waals surface area contributed by atoms with Crippen LogP contribution in [0.4, 0.5) is 0 Å². The highest BCUT2D eigenvalue weighted by atomic mass is 127. The first kappa shape index (κ1) is 11.1. The van der Waals surface area contributed by atoms with Crippen LogP contribution < -0.4 is 0 Å². The lowest BCUT2D eigenvalue weighted by molar-refractivity contribution is 0.148. The molecule has 0 aromatic rings. The normalized spacial score (nSPS) is 9.91. The van der Waals surface area contributed by atoms with Crippen molar-refractivity contribution in [2.45, 2.75) is 19.6 Å². The van der Waals surface area contributed by atoms with Crippen molar-refractivity contribution in [3.63, 3.8) is 0 Å². The van der Waals surface area contributed by atoms with Crippen LogP contribution in [0.5, 0.6) is 0 Å². The van der Waals surface area contributed by atoms with E-state index in [-0.39, 0.29) is 0 Å². The predicted octanol–water partition coefficient (Wildman–Crippen LogP) is 2.87. The second kappa shape index (κ2) is 4.85. The van der Waals surface area contributed by atoms with Gasteiger partial charge in [0.05, 0.1) is 7.11 Å². The van der Waals surface area contributed by atoms with Crippen LogP contribution in [-0.4, -0.2) is 15.4 Å². The molecule has 0 N–H and O–H groups in total. The Kier molecular flexibility index (Phi) is 4.88. The van der Waals surface area contributed by atoms with Crippen LogP contribution in [-0.2, 0) is 9.16 Å². The van der Waals surface area contributed by atoms with Crippen molar-refractivity contribution < 1.29 is 9.16 Å². The topological polar surface area (TPSA) is 18.5 Å². The maximum atomic E-state index is 5.51. The van der Waals surface area contributed by atoms with Gasteiger partial charge in [-0.3, -0.25) is 0 Å². The molecule has 0 fully saturated rings. The molecular weight excluding hydrogens is 271 g/mol. The fraction of sp³-hybridized carbons (Fsp3) is 0.571. The number of methoxy groups -OCH3 is 1. The Hall–Kier alpha value is 0.0669. The van der Waals surface area contributed by atoms with Crippen LogP contribution in [0.25, 0.3) is 0 Å². The molecule has 0 radical (unpaired) electrons.